The second-order valence-electron chi connectivity index (χ2n) is 4.66. The summed E-state index contributed by atoms with van der Waals surface area (Å²) in [5.41, 5.74) is 0. The molecule has 1 rings (SSSR count). The molecule has 0 aromatic carbocycles. The molecule has 0 aliphatic heterocycles. The Morgan fingerprint density at radius 2 is 1.76 bits per heavy atom. The average Bonchev–Trinajstić information content (AvgIpc) is 2.70. The van der Waals surface area contributed by atoms with Crippen LogP contribution in [0.15, 0.2) is 12.1 Å². The van der Waals surface area contributed by atoms with Crippen molar-refractivity contribution < 1.29 is 34.1 Å². The maximum atomic E-state index is 11.6. The van der Waals surface area contributed by atoms with E-state index in [-0.39, 0.29) is 12.3 Å². The molecule has 21 heavy (non-hydrogen) atoms. The number of carbonyl (C=O) groups excluding carboxylic acids is 2. The Morgan fingerprint density at radius 1 is 1.19 bits per heavy atom. The van der Waals surface area contributed by atoms with Gasteiger partial charge in [0, 0.05) is 24.5 Å². The number of rotatable bonds is 6. The van der Waals surface area contributed by atoms with Gasteiger partial charge >= 0.3 is 12.1 Å². The predicted molar refractivity (Wildman–Crippen MR) is 70.4 cm³/mol. The van der Waals surface area contributed by atoms with E-state index < -0.39 is 30.2 Å². The zero-order valence-corrected chi connectivity index (χ0v) is 12.1. The summed E-state index contributed by atoms with van der Waals surface area (Å²) in [6.45, 7) is 5.21. The molecule has 1 aromatic rings. The van der Waals surface area contributed by atoms with E-state index in [0.29, 0.717) is 11.2 Å². The lowest BCUT2D eigenvalue weighted by Gasteiger charge is -2.20. The number of carbonyl (C=O) groups is 2. The van der Waals surface area contributed by atoms with Crippen LogP contribution in [0.3, 0.4) is 0 Å². The molecule has 8 heteroatoms. The Kier molecular flexibility index (Phi) is 5.89. The van der Waals surface area contributed by atoms with E-state index in [4.69, 9.17) is 9.47 Å². The molecule has 2 N–H and O–H groups in total. The van der Waals surface area contributed by atoms with Crippen molar-refractivity contribution in [2.75, 3.05) is 0 Å². The van der Waals surface area contributed by atoms with Gasteiger partial charge in [-0.2, -0.15) is 0 Å². The van der Waals surface area contributed by atoms with E-state index in [2.05, 4.69) is 4.84 Å². The van der Waals surface area contributed by atoms with E-state index in [1.165, 1.54) is 0 Å². The van der Waals surface area contributed by atoms with Crippen LogP contribution in [0.25, 0.3) is 0 Å². The van der Waals surface area contributed by atoms with Crippen LogP contribution >= 0.6 is 0 Å². The van der Waals surface area contributed by atoms with Gasteiger partial charge in [0.25, 0.3) is 6.29 Å². The van der Waals surface area contributed by atoms with E-state index in [1.807, 2.05) is 6.92 Å². The minimum atomic E-state index is -1.22. The standard InChI is InChI=1S/C13H19NO7/c1-4-5-11(17)19-12(8(2)3)20-13(18)21-14-9(15)6-7-10(14)16/h6-8,12,15-16H,4-5H2,1-3H3. The van der Waals surface area contributed by atoms with Gasteiger partial charge < -0.3 is 19.7 Å². The number of hydrogen-bond donors (Lipinski definition) is 2. The highest BCUT2D eigenvalue weighted by Crippen LogP contribution is 2.19. The SMILES string of the molecule is CCCC(=O)OC(OC(=O)On1c(O)ccc1O)C(C)C. The van der Waals surface area contributed by atoms with Crippen LogP contribution in [0, 0.1) is 5.92 Å². The molecule has 0 amide bonds. The second kappa shape index (κ2) is 7.41. The molecular formula is C13H19NO7. The monoisotopic (exact) mass is 301 g/mol. The lowest BCUT2D eigenvalue weighted by atomic mass is 10.2. The number of esters is 1. The Balaban J connectivity index is 2.63. The Bertz CT molecular complexity index is 475. The highest BCUT2D eigenvalue weighted by Gasteiger charge is 2.24. The molecule has 0 fully saturated rings. The van der Waals surface area contributed by atoms with Crippen molar-refractivity contribution >= 4 is 12.1 Å². The number of ether oxygens (including phenoxy) is 2. The molecule has 1 unspecified atom stereocenters. The van der Waals surface area contributed by atoms with Crippen LogP contribution in [-0.4, -0.2) is 33.4 Å². The molecular weight excluding hydrogens is 282 g/mol. The number of hydrogen-bond acceptors (Lipinski definition) is 7. The summed E-state index contributed by atoms with van der Waals surface area (Å²) in [5.74, 6) is -1.73. The maximum absolute atomic E-state index is 11.6. The van der Waals surface area contributed by atoms with Crippen LogP contribution in [0.2, 0.25) is 0 Å². The average molecular weight is 301 g/mol. The van der Waals surface area contributed by atoms with Crippen molar-refractivity contribution in [2.45, 2.75) is 39.9 Å². The molecule has 1 atom stereocenters. The molecule has 0 aliphatic rings. The molecule has 0 radical (unpaired) electrons. The highest BCUT2D eigenvalue weighted by molar-refractivity contribution is 5.69. The highest BCUT2D eigenvalue weighted by atomic mass is 16.9. The van der Waals surface area contributed by atoms with Crippen molar-refractivity contribution in [1.82, 2.24) is 4.73 Å². The van der Waals surface area contributed by atoms with Gasteiger partial charge in [-0.05, 0) is 6.42 Å². The summed E-state index contributed by atoms with van der Waals surface area (Å²) in [6.07, 6.45) is -1.52. The van der Waals surface area contributed by atoms with E-state index in [0.717, 1.165) is 12.1 Å². The molecule has 8 nitrogen and oxygen atoms in total. The van der Waals surface area contributed by atoms with Crippen molar-refractivity contribution in [2.24, 2.45) is 5.92 Å². The summed E-state index contributed by atoms with van der Waals surface area (Å²) in [4.78, 5) is 27.6. The first-order valence-electron chi connectivity index (χ1n) is 6.53. The Morgan fingerprint density at radius 3 is 2.24 bits per heavy atom. The van der Waals surface area contributed by atoms with Crippen LogP contribution in [-0.2, 0) is 14.3 Å². The fourth-order valence-corrected chi connectivity index (χ4v) is 1.38. The van der Waals surface area contributed by atoms with Gasteiger partial charge in [0.05, 0.1) is 0 Å². The normalized spacial score (nSPS) is 12.0. The minimum Gasteiger partial charge on any atom is -0.492 e. The largest absolute Gasteiger partial charge is 0.537 e. The summed E-state index contributed by atoms with van der Waals surface area (Å²) < 4.78 is 10.4. The van der Waals surface area contributed by atoms with Crippen LogP contribution in [0.1, 0.15) is 33.6 Å². The fraction of sp³-hybridized carbons (Fsp3) is 0.538. The van der Waals surface area contributed by atoms with Crippen LogP contribution < -0.4 is 4.84 Å². The Labute approximate surface area is 121 Å². The second-order valence-corrected chi connectivity index (χ2v) is 4.66. The number of aromatic nitrogens is 1. The quantitative estimate of drug-likeness (QED) is 0.609. The van der Waals surface area contributed by atoms with Crippen molar-refractivity contribution in [3.63, 3.8) is 0 Å². The summed E-state index contributed by atoms with van der Waals surface area (Å²) in [7, 11) is 0. The van der Waals surface area contributed by atoms with Gasteiger partial charge in [-0.15, -0.1) is 4.73 Å². The minimum absolute atomic E-state index is 0.209. The van der Waals surface area contributed by atoms with Crippen molar-refractivity contribution in [3.8, 4) is 11.8 Å². The van der Waals surface area contributed by atoms with Gasteiger partial charge in [-0.3, -0.25) is 9.63 Å². The zero-order valence-electron chi connectivity index (χ0n) is 12.1. The molecule has 0 aliphatic carbocycles. The van der Waals surface area contributed by atoms with E-state index >= 15 is 0 Å². The van der Waals surface area contributed by atoms with Crippen molar-refractivity contribution in [3.05, 3.63) is 12.1 Å². The van der Waals surface area contributed by atoms with Crippen molar-refractivity contribution in [1.29, 1.82) is 0 Å². The summed E-state index contributed by atoms with van der Waals surface area (Å²) in [6, 6.07) is 2.26. The topological polar surface area (TPSA) is 107 Å². The smallest absolute Gasteiger partial charge is 0.492 e. The molecule has 1 heterocycles. The summed E-state index contributed by atoms with van der Waals surface area (Å²) >= 11 is 0. The lowest BCUT2D eigenvalue weighted by molar-refractivity contribution is -0.179. The number of aromatic hydroxyl groups is 2. The molecule has 118 valence electrons. The number of nitrogens with zero attached hydrogens (tertiary/aromatic N) is 1. The molecule has 0 bridgehead atoms. The predicted octanol–water partition coefficient (Wildman–Crippen LogP) is 1.79. The molecule has 1 aromatic heterocycles. The molecule has 0 saturated heterocycles. The molecule has 0 saturated carbocycles. The van der Waals surface area contributed by atoms with Gasteiger partial charge in [-0.1, -0.05) is 20.8 Å². The van der Waals surface area contributed by atoms with Gasteiger partial charge in [-0.25, -0.2) is 4.79 Å². The maximum Gasteiger partial charge on any atom is 0.537 e. The van der Waals surface area contributed by atoms with Gasteiger partial charge in [0.2, 0.25) is 11.8 Å². The van der Waals surface area contributed by atoms with E-state index in [9.17, 15) is 19.8 Å². The van der Waals surface area contributed by atoms with E-state index in [1.54, 1.807) is 13.8 Å². The lowest BCUT2D eigenvalue weighted by Crippen LogP contribution is -2.32. The third-order valence-electron chi connectivity index (χ3n) is 2.42. The van der Waals surface area contributed by atoms with Gasteiger partial charge in [0.1, 0.15) is 0 Å². The fourth-order valence-electron chi connectivity index (χ4n) is 1.38. The third kappa shape index (κ3) is 4.90. The Hall–Kier alpha value is -2.38. The van der Waals surface area contributed by atoms with Crippen LogP contribution in [0.5, 0.6) is 11.8 Å². The third-order valence-corrected chi connectivity index (χ3v) is 2.42. The van der Waals surface area contributed by atoms with Crippen LogP contribution in [0.4, 0.5) is 4.79 Å². The first-order valence-corrected chi connectivity index (χ1v) is 6.53. The van der Waals surface area contributed by atoms with Gasteiger partial charge in [0.15, 0.2) is 0 Å². The zero-order chi connectivity index (χ0) is 16.0. The summed E-state index contributed by atoms with van der Waals surface area (Å²) in [5, 5.41) is 18.6. The first kappa shape index (κ1) is 16.7. The molecule has 0 spiro atoms. The first-order chi connectivity index (χ1) is 9.85.